The molecule has 2 fully saturated rings. The summed E-state index contributed by atoms with van der Waals surface area (Å²) in [6, 6.07) is 12.9. The summed E-state index contributed by atoms with van der Waals surface area (Å²) in [7, 11) is 0. The summed E-state index contributed by atoms with van der Waals surface area (Å²) in [6.07, 6.45) is 5.32. The Balaban J connectivity index is 1.67. The van der Waals surface area contributed by atoms with Gasteiger partial charge in [-0.2, -0.15) is 0 Å². The smallest absolute Gasteiger partial charge is 0.0236 e. The van der Waals surface area contributed by atoms with Crippen LogP contribution >= 0.6 is 0 Å². The van der Waals surface area contributed by atoms with Gasteiger partial charge in [-0.3, -0.25) is 4.90 Å². The summed E-state index contributed by atoms with van der Waals surface area (Å²) in [5.74, 6) is 0. The van der Waals surface area contributed by atoms with E-state index >= 15 is 0 Å². The molecular weight excluding hydrogens is 256 g/mol. The lowest BCUT2D eigenvalue weighted by Crippen LogP contribution is -2.60. The van der Waals surface area contributed by atoms with E-state index in [4.69, 9.17) is 0 Å². The number of benzene rings is 1. The first kappa shape index (κ1) is 15.1. The maximum absolute atomic E-state index is 3.76. The van der Waals surface area contributed by atoms with E-state index in [0.717, 1.165) is 19.0 Å². The molecule has 1 heterocycles. The van der Waals surface area contributed by atoms with Crippen molar-refractivity contribution in [2.24, 2.45) is 5.41 Å². The highest BCUT2D eigenvalue weighted by Crippen LogP contribution is 2.41. The molecule has 3 unspecified atom stereocenters. The van der Waals surface area contributed by atoms with Crippen molar-refractivity contribution in [2.45, 2.75) is 64.6 Å². The average molecular weight is 286 g/mol. The van der Waals surface area contributed by atoms with E-state index in [1.165, 1.54) is 31.4 Å². The molecule has 0 spiro atoms. The van der Waals surface area contributed by atoms with Crippen molar-refractivity contribution in [3.63, 3.8) is 0 Å². The van der Waals surface area contributed by atoms with Gasteiger partial charge in [0.1, 0.15) is 0 Å². The second-order valence-electron chi connectivity index (χ2n) is 7.74. The van der Waals surface area contributed by atoms with Crippen molar-refractivity contribution in [3.05, 3.63) is 35.9 Å². The molecule has 2 nitrogen and oxygen atoms in total. The van der Waals surface area contributed by atoms with E-state index in [9.17, 15) is 0 Å². The third-order valence-corrected chi connectivity index (χ3v) is 5.63. The lowest BCUT2D eigenvalue weighted by atomic mass is 9.84. The van der Waals surface area contributed by atoms with E-state index in [2.05, 4.69) is 61.3 Å². The lowest BCUT2D eigenvalue weighted by Gasteiger charge is -2.46. The highest BCUT2D eigenvalue weighted by Gasteiger charge is 2.41. The fraction of sp³-hybridized carbons (Fsp3) is 0.684. The summed E-state index contributed by atoms with van der Waals surface area (Å²) < 4.78 is 0. The predicted octanol–water partition coefficient (Wildman–Crippen LogP) is 3.47. The van der Waals surface area contributed by atoms with Gasteiger partial charge in [0, 0.05) is 31.2 Å². The Labute approximate surface area is 129 Å². The molecule has 116 valence electrons. The predicted molar refractivity (Wildman–Crippen MR) is 89.5 cm³/mol. The maximum Gasteiger partial charge on any atom is 0.0236 e. The Morgan fingerprint density at radius 3 is 2.67 bits per heavy atom. The SMILES string of the molecule is CC1CNC(Cc2ccccc2)CN1C1CCCC1(C)C. The van der Waals surface area contributed by atoms with Crippen LogP contribution in [0.4, 0.5) is 0 Å². The Hall–Kier alpha value is -0.860. The summed E-state index contributed by atoms with van der Waals surface area (Å²) in [4.78, 5) is 2.80. The molecule has 3 rings (SSSR count). The van der Waals surface area contributed by atoms with Crippen LogP contribution in [0.1, 0.15) is 45.6 Å². The zero-order chi connectivity index (χ0) is 14.9. The molecule has 2 heteroatoms. The third-order valence-electron chi connectivity index (χ3n) is 5.63. The van der Waals surface area contributed by atoms with E-state index in [0.29, 0.717) is 17.5 Å². The molecule has 2 aliphatic rings. The van der Waals surface area contributed by atoms with Crippen LogP contribution in [-0.4, -0.2) is 36.1 Å². The third kappa shape index (κ3) is 3.32. The molecule has 1 saturated heterocycles. The van der Waals surface area contributed by atoms with E-state index < -0.39 is 0 Å². The molecule has 0 aromatic heterocycles. The summed E-state index contributed by atoms with van der Waals surface area (Å²) in [5, 5.41) is 3.76. The van der Waals surface area contributed by atoms with Gasteiger partial charge in [-0.25, -0.2) is 0 Å². The fourth-order valence-electron chi connectivity index (χ4n) is 4.35. The Morgan fingerprint density at radius 2 is 2.00 bits per heavy atom. The molecule has 1 aliphatic carbocycles. The molecule has 0 radical (unpaired) electrons. The van der Waals surface area contributed by atoms with Crippen LogP contribution in [0.15, 0.2) is 30.3 Å². The van der Waals surface area contributed by atoms with Crippen LogP contribution < -0.4 is 5.32 Å². The van der Waals surface area contributed by atoms with Crippen LogP contribution in [-0.2, 0) is 6.42 Å². The Kier molecular flexibility index (Phi) is 4.37. The zero-order valence-corrected chi connectivity index (χ0v) is 13.8. The largest absolute Gasteiger partial charge is 0.311 e. The van der Waals surface area contributed by atoms with Crippen molar-refractivity contribution in [1.29, 1.82) is 0 Å². The molecule has 1 aromatic rings. The number of piperazine rings is 1. The molecule has 21 heavy (non-hydrogen) atoms. The van der Waals surface area contributed by atoms with Gasteiger partial charge in [0.15, 0.2) is 0 Å². The first-order chi connectivity index (χ1) is 10.1. The van der Waals surface area contributed by atoms with Crippen molar-refractivity contribution in [1.82, 2.24) is 10.2 Å². The first-order valence-corrected chi connectivity index (χ1v) is 8.59. The molecule has 1 aromatic carbocycles. The number of nitrogens with one attached hydrogen (secondary N) is 1. The van der Waals surface area contributed by atoms with Gasteiger partial charge in [0.2, 0.25) is 0 Å². The summed E-state index contributed by atoms with van der Waals surface area (Å²) in [5.41, 5.74) is 1.94. The highest BCUT2D eigenvalue weighted by atomic mass is 15.3. The zero-order valence-electron chi connectivity index (χ0n) is 13.8. The minimum absolute atomic E-state index is 0.489. The van der Waals surface area contributed by atoms with Crippen molar-refractivity contribution in [3.8, 4) is 0 Å². The van der Waals surface area contributed by atoms with Gasteiger partial charge in [-0.1, -0.05) is 50.6 Å². The number of hydrogen-bond donors (Lipinski definition) is 1. The topological polar surface area (TPSA) is 15.3 Å². The normalized spacial score (nSPS) is 33.2. The van der Waals surface area contributed by atoms with Gasteiger partial charge in [0.25, 0.3) is 0 Å². The number of nitrogens with zero attached hydrogens (tertiary/aromatic N) is 1. The lowest BCUT2D eigenvalue weighted by molar-refractivity contribution is 0.0425. The molecule has 0 bridgehead atoms. The second kappa shape index (κ2) is 6.10. The maximum atomic E-state index is 3.76. The van der Waals surface area contributed by atoms with Crippen molar-refractivity contribution < 1.29 is 0 Å². The van der Waals surface area contributed by atoms with Gasteiger partial charge in [-0.05, 0) is 37.2 Å². The minimum atomic E-state index is 0.489. The van der Waals surface area contributed by atoms with Gasteiger partial charge in [-0.15, -0.1) is 0 Å². The van der Waals surface area contributed by atoms with E-state index in [1.54, 1.807) is 0 Å². The minimum Gasteiger partial charge on any atom is -0.311 e. The van der Waals surface area contributed by atoms with Crippen LogP contribution in [0.3, 0.4) is 0 Å². The molecule has 0 amide bonds. The van der Waals surface area contributed by atoms with Crippen molar-refractivity contribution >= 4 is 0 Å². The molecule has 1 N–H and O–H groups in total. The van der Waals surface area contributed by atoms with E-state index in [1.807, 2.05) is 0 Å². The fourth-order valence-corrected chi connectivity index (χ4v) is 4.35. The molecule has 3 atom stereocenters. The molecular formula is C19H30N2. The Morgan fingerprint density at radius 1 is 1.24 bits per heavy atom. The van der Waals surface area contributed by atoms with Crippen LogP contribution in [0.25, 0.3) is 0 Å². The average Bonchev–Trinajstić information content (AvgIpc) is 2.82. The number of rotatable bonds is 3. The van der Waals surface area contributed by atoms with Gasteiger partial charge < -0.3 is 5.32 Å². The monoisotopic (exact) mass is 286 g/mol. The standard InChI is InChI=1S/C19H30N2/c1-15-13-20-17(12-16-8-5-4-6-9-16)14-21(15)18-10-7-11-19(18,2)3/h4-6,8-9,15,17-18,20H,7,10-14H2,1-3H3. The quantitative estimate of drug-likeness (QED) is 0.915. The van der Waals surface area contributed by atoms with Crippen LogP contribution in [0.5, 0.6) is 0 Å². The summed E-state index contributed by atoms with van der Waals surface area (Å²) in [6.45, 7) is 9.64. The number of hydrogen-bond acceptors (Lipinski definition) is 2. The second-order valence-corrected chi connectivity index (χ2v) is 7.74. The van der Waals surface area contributed by atoms with Gasteiger partial charge >= 0.3 is 0 Å². The van der Waals surface area contributed by atoms with Crippen molar-refractivity contribution in [2.75, 3.05) is 13.1 Å². The highest BCUT2D eigenvalue weighted by molar-refractivity contribution is 5.16. The van der Waals surface area contributed by atoms with E-state index in [-0.39, 0.29) is 0 Å². The molecule has 1 aliphatic heterocycles. The Bertz CT molecular complexity index is 454. The first-order valence-electron chi connectivity index (χ1n) is 8.59. The van der Waals surface area contributed by atoms with Gasteiger partial charge in [0.05, 0.1) is 0 Å². The van der Waals surface area contributed by atoms with Crippen LogP contribution in [0.2, 0.25) is 0 Å². The van der Waals surface area contributed by atoms with Crippen LogP contribution in [0, 0.1) is 5.41 Å². The molecule has 1 saturated carbocycles. The summed E-state index contributed by atoms with van der Waals surface area (Å²) >= 11 is 0.